The van der Waals surface area contributed by atoms with E-state index in [4.69, 9.17) is 5.73 Å². The average Bonchev–Trinajstić information content (AvgIpc) is 2.19. The van der Waals surface area contributed by atoms with Gasteiger partial charge in [0.1, 0.15) is 0 Å². The number of nitrogens with two attached hydrogens (primary N) is 1. The lowest BCUT2D eigenvalue weighted by molar-refractivity contribution is 0.125. The Morgan fingerprint density at radius 1 is 1.15 bits per heavy atom. The highest BCUT2D eigenvalue weighted by atomic mass is 15.3. The van der Waals surface area contributed by atoms with Gasteiger partial charge in [0, 0.05) is 32.7 Å². The normalized spacial score (nSPS) is 23.3. The van der Waals surface area contributed by atoms with Gasteiger partial charge in [-0.3, -0.25) is 0 Å². The third kappa shape index (κ3) is 3.63. The highest BCUT2D eigenvalue weighted by molar-refractivity contribution is 4.72. The van der Waals surface area contributed by atoms with Crippen LogP contribution < -0.4 is 5.73 Å². The minimum Gasteiger partial charge on any atom is -0.330 e. The van der Waals surface area contributed by atoms with Crippen LogP contribution >= 0.6 is 0 Å². The Labute approximate surface area is 81.9 Å². The van der Waals surface area contributed by atoms with E-state index in [1.165, 1.54) is 39.3 Å². The van der Waals surface area contributed by atoms with E-state index < -0.39 is 0 Å². The first-order valence-corrected chi connectivity index (χ1v) is 5.41. The van der Waals surface area contributed by atoms with Crippen LogP contribution in [0.4, 0.5) is 0 Å². The minimum atomic E-state index is 0.646. The van der Waals surface area contributed by atoms with Crippen molar-refractivity contribution in [1.29, 1.82) is 0 Å². The molecule has 0 radical (unpaired) electrons. The summed E-state index contributed by atoms with van der Waals surface area (Å²) in [4.78, 5) is 5.04. The van der Waals surface area contributed by atoms with Crippen molar-refractivity contribution in [3.05, 3.63) is 0 Å². The van der Waals surface area contributed by atoms with Crippen molar-refractivity contribution in [3.8, 4) is 0 Å². The van der Waals surface area contributed by atoms with Crippen LogP contribution in [0.2, 0.25) is 0 Å². The molecule has 0 aromatic heterocycles. The predicted molar refractivity (Wildman–Crippen MR) is 56.8 cm³/mol. The minimum absolute atomic E-state index is 0.646. The van der Waals surface area contributed by atoms with Gasteiger partial charge in [0.05, 0.1) is 0 Å². The fraction of sp³-hybridized carbons (Fsp3) is 1.00. The summed E-state index contributed by atoms with van der Waals surface area (Å²) in [5, 5.41) is 0. The molecule has 0 spiro atoms. The van der Waals surface area contributed by atoms with Gasteiger partial charge in [-0.05, 0) is 19.0 Å². The van der Waals surface area contributed by atoms with Gasteiger partial charge in [0.2, 0.25) is 0 Å². The van der Waals surface area contributed by atoms with E-state index >= 15 is 0 Å². The van der Waals surface area contributed by atoms with Crippen LogP contribution in [0.25, 0.3) is 0 Å². The third-order valence-corrected chi connectivity index (χ3v) is 2.88. The summed E-state index contributed by atoms with van der Waals surface area (Å²) in [6.07, 6.45) is 0. The molecule has 0 aromatic carbocycles. The Hall–Kier alpha value is -0.120. The highest BCUT2D eigenvalue weighted by Gasteiger charge is 2.16. The van der Waals surface area contributed by atoms with E-state index in [0.29, 0.717) is 5.92 Å². The van der Waals surface area contributed by atoms with Crippen LogP contribution in [0, 0.1) is 5.92 Å². The van der Waals surface area contributed by atoms with Gasteiger partial charge < -0.3 is 15.5 Å². The van der Waals surface area contributed by atoms with E-state index in [1.54, 1.807) is 0 Å². The van der Waals surface area contributed by atoms with Crippen LogP contribution in [0.3, 0.4) is 0 Å². The monoisotopic (exact) mass is 185 g/mol. The molecule has 0 unspecified atom stereocenters. The van der Waals surface area contributed by atoms with Gasteiger partial charge >= 0.3 is 0 Å². The van der Waals surface area contributed by atoms with Crippen LogP contribution in [0.1, 0.15) is 13.8 Å². The molecule has 3 nitrogen and oxygen atoms in total. The molecule has 0 saturated carbocycles. The summed E-state index contributed by atoms with van der Waals surface area (Å²) < 4.78 is 0. The molecule has 0 aliphatic carbocycles. The maximum atomic E-state index is 5.61. The number of likely N-dealkylation sites (N-methyl/N-ethyl adjacent to an activating group) is 1. The molecule has 1 atom stereocenters. The molecule has 0 aromatic rings. The van der Waals surface area contributed by atoms with Gasteiger partial charge in [-0.1, -0.05) is 13.8 Å². The molecule has 0 amide bonds. The zero-order chi connectivity index (χ0) is 9.68. The van der Waals surface area contributed by atoms with Gasteiger partial charge in [-0.2, -0.15) is 0 Å². The number of hydrogen-bond donors (Lipinski definition) is 1. The van der Waals surface area contributed by atoms with Crippen molar-refractivity contribution in [2.24, 2.45) is 11.7 Å². The molecule has 1 aliphatic rings. The summed E-state index contributed by atoms with van der Waals surface area (Å²) in [5.41, 5.74) is 5.61. The Kier molecular flexibility index (Phi) is 4.70. The van der Waals surface area contributed by atoms with Crippen molar-refractivity contribution in [1.82, 2.24) is 9.80 Å². The maximum Gasteiger partial charge on any atom is 0.0110 e. The molecule has 1 heterocycles. The van der Waals surface area contributed by atoms with E-state index in [2.05, 4.69) is 23.6 Å². The van der Waals surface area contributed by atoms with E-state index in [9.17, 15) is 0 Å². The van der Waals surface area contributed by atoms with Crippen LogP contribution in [0.5, 0.6) is 0 Å². The molecule has 3 heteroatoms. The fourth-order valence-electron chi connectivity index (χ4n) is 1.80. The fourth-order valence-corrected chi connectivity index (χ4v) is 1.80. The lowest BCUT2D eigenvalue weighted by Crippen LogP contribution is -2.47. The number of hydrogen-bond acceptors (Lipinski definition) is 3. The first-order valence-electron chi connectivity index (χ1n) is 5.41. The largest absolute Gasteiger partial charge is 0.330 e. The van der Waals surface area contributed by atoms with Gasteiger partial charge in [-0.25, -0.2) is 0 Å². The van der Waals surface area contributed by atoms with Gasteiger partial charge in [-0.15, -0.1) is 0 Å². The van der Waals surface area contributed by atoms with Crippen LogP contribution in [-0.2, 0) is 0 Å². The highest BCUT2D eigenvalue weighted by Crippen LogP contribution is 2.04. The van der Waals surface area contributed by atoms with Crippen molar-refractivity contribution in [2.45, 2.75) is 13.8 Å². The summed E-state index contributed by atoms with van der Waals surface area (Å²) in [7, 11) is 0. The second-order valence-electron chi connectivity index (χ2n) is 4.08. The Morgan fingerprint density at radius 3 is 2.15 bits per heavy atom. The SMILES string of the molecule is CCN1CCN(C[C@@H](C)CN)CC1. The number of nitrogens with zero attached hydrogens (tertiary/aromatic N) is 2. The Bertz CT molecular complexity index is 130. The molecular formula is C10H23N3. The summed E-state index contributed by atoms with van der Waals surface area (Å²) in [6.45, 7) is 12.5. The average molecular weight is 185 g/mol. The summed E-state index contributed by atoms with van der Waals surface area (Å²) in [5.74, 6) is 0.646. The van der Waals surface area contributed by atoms with E-state index in [0.717, 1.165) is 6.54 Å². The number of rotatable bonds is 4. The molecule has 1 aliphatic heterocycles. The lowest BCUT2D eigenvalue weighted by Gasteiger charge is -2.35. The van der Waals surface area contributed by atoms with Crippen molar-refractivity contribution < 1.29 is 0 Å². The molecule has 78 valence electrons. The Morgan fingerprint density at radius 2 is 1.69 bits per heavy atom. The standard InChI is InChI=1S/C10H23N3/c1-3-12-4-6-13(7-5-12)9-10(2)8-11/h10H,3-9,11H2,1-2H3/t10-/m0/s1. The first kappa shape index (κ1) is 11.0. The number of piperazine rings is 1. The van der Waals surface area contributed by atoms with E-state index in [1.807, 2.05) is 0 Å². The van der Waals surface area contributed by atoms with Crippen molar-refractivity contribution >= 4 is 0 Å². The molecule has 0 bridgehead atoms. The van der Waals surface area contributed by atoms with Crippen LogP contribution in [-0.4, -0.2) is 55.6 Å². The molecule has 1 rings (SSSR count). The zero-order valence-corrected chi connectivity index (χ0v) is 9.00. The molecular weight excluding hydrogens is 162 g/mol. The molecule has 13 heavy (non-hydrogen) atoms. The predicted octanol–water partition coefficient (Wildman–Crippen LogP) is 0.219. The van der Waals surface area contributed by atoms with Crippen molar-refractivity contribution in [2.75, 3.05) is 45.8 Å². The second kappa shape index (κ2) is 5.58. The summed E-state index contributed by atoms with van der Waals surface area (Å²) in [6, 6.07) is 0. The first-order chi connectivity index (χ1) is 6.26. The van der Waals surface area contributed by atoms with Crippen molar-refractivity contribution in [3.63, 3.8) is 0 Å². The second-order valence-corrected chi connectivity index (χ2v) is 4.08. The summed E-state index contributed by atoms with van der Waals surface area (Å²) >= 11 is 0. The van der Waals surface area contributed by atoms with E-state index in [-0.39, 0.29) is 0 Å². The molecule has 1 saturated heterocycles. The Balaban J connectivity index is 2.17. The smallest absolute Gasteiger partial charge is 0.0110 e. The van der Waals surface area contributed by atoms with Gasteiger partial charge in [0.15, 0.2) is 0 Å². The lowest BCUT2D eigenvalue weighted by atomic mass is 10.1. The molecule has 1 fully saturated rings. The zero-order valence-electron chi connectivity index (χ0n) is 9.00. The maximum absolute atomic E-state index is 5.61. The van der Waals surface area contributed by atoms with Gasteiger partial charge in [0.25, 0.3) is 0 Å². The molecule has 2 N–H and O–H groups in total. The third-order valence-electron chi connectivity index (χ3n) is 2.88. The topological polar surface area (TPSA) is 32.5 Å². The quantitative estimate of drug-likeness (QED) is 0.680. The van der Waals surface area contributed by atoms with Crippen LogP contribution in [0.15, 0.2) is 0 Å².